The van der Waals surface area contributed by atoms with Gasteiger partial charge in [0.05, 0.1) is 6.20 Å². The highest BCUT2D eigenvalue weighted by Crippen LogP contribution is 2.54. The molecule has 0 atom stereocenters. The van der Waals surface area contributed by atoms with E-state index in [-0.39, 0.29) is 5.56 Å². The fraction of sp³-hybridized carbons (Fsp3) is 0.385. The number of aryl methyl sites for hydroxylation is 1. The van der Waals surface area contributed by atoms with E-state index in [0.717, 1.165) is 25.2 Å². The molecule has 0 radical (unpaired) electrons. The quantitative estimate of drug-likeness (QED) is 0.501. The number of nitrogens with zero attached hydrogens (tertiary/aromatic N) is 6. The van der Waals surface area contributed by atoms with Gasteiger partial charge in [0.25, 0.3) is 0 Å². The second kappa shape index (κ2) is 9.15. The van der Waals surface area contributed by atoms with Crippen LogP contribution >= 0.6 is 0 Å². The lowest BCUT2D eigenvalue weighted by Gasteiger charge is -2.34. The Morgan fingerprint density at radius 1 is 1.22 bits per heavy atom. The molecule has 5 rings (SSSR count). The summed E-state index contributed by atoms with van der Waals surface area (Å²) in [6.45, 7) is 4.26. The molecule has 0 bridgehead atoms. The van der Waals surface area contributed by atoms with Crippen molar-refractivity contribution in [3.63, 3.8) is 0 Å². The first-order chi connectivity index (χ1) is 17.2. The topological polar surface area (TPSA) is 119 Å². The van der Waals surface area contributed by atoms with Crippen LogP contribution in [0.3, 0.4) is 0 Å². The van der Waals surface area contributed by atoms with Crippen LogP contribution in [0, 0.1) is 11.3 Å². The summed E-state index contributed by atoms with van der Waals surface area (Å²) in [6, 6.07) is 11.7. The molecular formula is C26H30N8OS. The molecule has 3 aromatic rings. The van der Waals surface area contributed by atoms with Crippen molar-refractivity contribution in [2.45, 2.75) is 38.1 Å². The van der Waals surface area contributed by atoms with Gasteiger partial charge < -0.3 is 15.5 Å². The van der Waals surface area contributed by atoms with Gasteiger partial charge in [0.15, 0.2) is 11.6 Å². The first-order valence-corrected chi connectivity index (χ1v) is 14.3. The third-order valence-corrected chi connectivity index (χ3v) is 7.17. The van der Waals surface area contributed by atoms with E-state index < -0.39 is 9.73 Å². The van der Waals surface area contributed by atoms with Gasteiger partial charge in [-0.3, -0.25) is 0 Å². The van der Waals surface area contributed by atoms with Crippen LogP contribution in [0.5, 0.6) is 0 Å². The van der Waals surface area contributed by atoms with Crippen LogP contribution < -0.4 is 10.6 Å². The maximum absolute atomic E-state index is 12.0. The van der Waals surface area contributed by atoms with E-state index in [4.69, 9.17) is 0 Å². The summed E-state index contributed by atoms with van der Waals surface area (Å²) < 4.78 is 16.2. The van der Waals surface area contributed by atoms with Gasteiger partial charge in [0, 0.05) is 46.4 Å². The molecular weight excluding hydrogens is 472 g/mol. The Kier molecular flexibility index (Phi) is 6.14. The van der Waals surface area contributed by atoms with Crippen LogP contribution in [0.4, 0.5) is 29.1 Å². The molecule has 1 aromatic carbocycles. The molecule has 2 aromatic heterocycles. The Morgan fingerprint density at radius 3 is 2.72 bits per heavy atom. The highest BCUT2D eigenvalue weighted by molar-refractivity contribution is 7.92. The predicted octanol–water partition coefficient (Wildman–Crippen LogP) is 4.63. The van der Waals surface area contributed by atoms with Crippen molar-refractivity contribution >= 4 is 38.8 Å². The van der Waals surface area contributed by atoms with Crippen molar-refractivity contribution in [2.75, 3.05) is 36.7 Å². The number of aromatic nitrogens is 3. The normalized spacial score (nSPS) is 16.2. The second-order valence-corrected chi connectivity index (χ2v) is 12.5. The molecule has 0 amide bonds. The first kappa shape index (κ1) is 24.2. The number of anilines is 4. The van der Waals surface area contributed by atoms with E-state index in [1.807, 2.05) is 0 Å². The largest absolute Gasteiger partial charge is 0.324 e. The third kappa shape index (κ3) is 5.03. The van der Waals surface area contributed by atoms with Gasteiger partial charge in [-0.25, -0.2) is 14.2 Å². The maximum Gasteiger partial charge on any atom is 0.229 e. The Morgan fingerprint density at radius 2 is 2.03 bits per heavy atom. The molecule has 1 aliphatic carbocycles. The lowest BCUT2D eigenvalue weighted by atomic mass is 9.82. The van der Waals surface area contributed by atoms with Crippen molar-refractivity contribution in [1.82, 2.24) is 19.9 Å². The standard InChI is InChI=1S/C26H30N8OS/c1-5-17-11-20(12-18-15-34(2)16-26(9-10-26)23(17)18)29-25-28-14-19(13-27)24(32-25)31-21-7-6-8-22(30-21)33-36(3,4)35/h6-8,11-12,14H,5,9-10,15-16H2,1-4H3,(H2,28,29,30,31,32). The van der Waals surface area contributed by atoms with Crippen LogP contribution in [0.2, 0.25) is 0 Å². The minimum atomic E-state index is -2.35. The maximum atomic E-state index is 12.0. The molecule has 2 N–H and O–H groups in total. The lowest BCUT2D eigenvalue weighted by molar-refractivity contribution is 0.270. The molecule has 3 heterocycles. The number of rotatable bonds is 6. The predicted molar refractivity (Wildman–Crippen MR) is 143 cm³/mol. The zero-order valence-electron chi connectivity index (χ0n) is 21.0. The summed E-state index contributed by atoms with van der Waals surface area (Å²) in [5.74, 6) is 1.51. The molecule has 186 valence electrons. The zero-order valence-corrected chi connectivity index (χ0v) is 21.8. The van der Waals surface area contributed by atoms with Crippen molar-refractivity contribution in [1.29, 1.82) is 5.26 Å². The number of nitriles is 1. The summed E-state index contributed by atoms with van der Waals surface area (Å²) >= 11 is 0. The number of likely N-dealkylation sites (N-methyl/N-ethyl adjacent to an activating group) is 1. The van der Waals surface area contributed by atoms with Gasteiger partial charge in [-0.05, 0) is 67.3 Å². The minimum Gasteiger partial charge on any atom is -0.324 e. The number of nitrogens with one attached hydrogen (secondary N) is 2. The number of hydrogen-bond acceptors (Lipinski definition) is 9. The van der Waals surface area contributed by atoms with E-state index in [9.17, 15) is 9.47 Å². The average molecular weight is 503 g/mol. The molecule has 9 nitrogen and oxygen atoms in total. The number of hydrogen-bond donors (Lipinski definition) is 2. The van der Waals surface area contributed by atoms with Gasteiger partial charge in [-0.2, -0.15) is 14.6 Å². The fourth-order valence-corrected chi connectivity index (χ4v) is 5.62. The molecule has 10 heteroatoms. The van der Waals surface area contributed by atoms with E-state index >= 15 is 0 Å². The molecule has 1 saturated carbocycles. The van der Waals surface area contributed by atoms with Crippen LogP contribution in [0.1, 0.15) is 42.0 Å². The highest BCUT2D eigenvalue weighted by atomic mass is 32.2. The molecule has 1 spiro atoms. The molecule has 0 saturated heterocycles. The molecule has 2 aliphatic rings. The smallest absolute Gasteiger partial charge is 0.229 e. The number of pyridine rings is 1. The monoisotopic (exact) mass is 502 g/mol. The van der Waals surface area contributed by atoms with Crippen LogP contribution in [-0.2, 0) is 28.1 Å². The molecule has 1 fully saturated rings. The molecule has 1 aliphatic heterocycles. The Hall–Kier alpha value is -3.55. The van der Waals surface area contributed by atoms with Crippen molar-refractivity contribution in [3.8, 4) is 6.07 Å². The van der Waals surface area contributed by atoms with Gasteiger partial charge in [-0.1, -0.05) is 13.0 Å². The van der Waals surface area contributed by atoms with Gasteiger partial charge in [0.2, 0.25) is 5.95 Å². The molecule has 0 unspecified atom stereocenters. The number of fused-ring (bicyclic) bond motifs is 2. The summed E-state index contributed by atoms with van der Waals surface area (Å²) in [5.41, 5.74) is 5.83. The van der Waals surface area contributed by atoms with Crippen LogP contribution in [0.15, 0.2) is 40.9 Å². The summed E-state index contributed by atoms with van der Waals surface area (Å²) in [7, 11) is -0.160. The third-order valence-electron chi connectivity index (χ3n) is 6.54. The second-order valence-electron chi connectivity index (χ2n) is 9.95. The van der Waals surface area contributed by atoms with Crippen molar-refractivity contribution in [3.05, 3.63) is 58.8 Å². The Balaban J connectivity index is 1.45. The SMILES string of the molecule is CCc1cc(Nc2ncc(C#N)c(Nc3cccc(N=S(C)(C)=O)n3)n2)cc2c1C1(CC1)CN(C)C2. The van der Waals surface area contributed by atoms with Crippen LogP contribution in [0.25, 0.3) is 0 Å². The van der Waals surface area contributed by atoms with E-state index in [2.05, 4.69) is 67.0 Å². The number of benzene rings is 1. The van der Waals surface area contributed by atoms with E-state index in [1.165, 1.54) is 35.7 Å². The van der Waals surface area contributed by atoms with Crippen molar-refractivity contribution < 1.29 is 4.21 Å². The summed E-state index contributed by atoms with van der Waals surface area (Å²) in [5, 5.41) is 16.0. The molecule has 36 heavy (non-hydrogen) atoms. The van der Waals surface area contributed by atoms with Gasteiger partial charge >= 0.3 is 0 Å². The van der Waals surface area contributed by atoms with E-state index in [1.54, 1.807) is 30.7 Å². The van der Waals surface area contributed by atoms with E-state index in [0.29, 0.717) is 28.8 Å². The van der Waals surface area contributed by atoms with Crippen LogP contribution in [-0.4, -0.2) is 50.2 Å². The average Bonchev–Trinajstić information content (AvgIpc) is 3.56. The van der Waals surface area contributed by atoms with Gasteiger partial charge in [-0.15, -0.1) is 0 Å². The Bertz CT molecular complexity index is 1490. The fourth-order valence-electron chi connectivity index (χ4n) is 5.06. The Labute approximate surface area is 212 Å². The van der Waals surface area contributed by atoms with Gasteiger partial charge in [0.1, 0.15) is 17.5 Å². The summed E-state index contributed by atoms with van der Waals surface area (Å²) in [6.07, 6.45) is 8.08. The first-order valence-electron chi connectivity index (χ1n) is 12.0. The highest BCUT2D eigenvalue weighted by Gasteiger charge is 2.49. The summed E-state index contributed by atoms with van der Waals surface area (Å²) in [4.78, 5) is 15.7. The zero-order chi connectivity index (χ0) is 25.5. The minimum absolute atomic E-state index is 0.288. The lowest BCUT2D eigenvalue weighted by Crippen LogP contribution is -2.36. The van der Waals surface area contributed by atoms with Crippen molar-refractivity contribution in [2.24, 2.45) is 4.36 Å².